The number of carbonyl (C=O) groups excluding carboxylic acids is 2. The van der Waals surface area contributed by atoms with E-state index < -0.39 is 12.1 Å². The summed E-state index contributed by atoms with van der Waals surface area (Å²) < 4.78 is 5.38. The second-order valence-corrected chi connectivity index (χ2v) is 17.5. The number of unbranched alkanes of at least 4 members (excludes halogenated alkanes) is 30. The van der Waals surface area contributed by atoms with Gasteiger partial charge in [-0.25, -0.2) is 0 Å². The van der Waals surface area contributed by atoms with Crippen LogP contribution < -0.4 is 5.32 Å². The van der Waals surface area contributed by atoms with Gasteiger partial charge in [-0.2, -0.15) is 0 Å². The maximum absolute atomic E-state index is 12.4. The fraction of sp³-hybridized carbons (Fsp3) is 0.815. The summed E-state index contributed by atoms with van der Waals surface area (Å²) in [4.78, 5) is 24.3. The zero-order chi connectivity index (χ0) is 43.7. The predicted molar refractivity (Wildman–Crippen MR) is 259 cm³/mol. The van der Waals surface area contributed by atoms with E-state index in [1.54, 1.807) is 6.08 Å². The number of hydrogen-bond donors (Lipinski definition) is 3. The molecular weight excluding hydrogens is 743 g/mol. The van der Waals surface area contributed by atoms with Crippen molar-refractivity contribution in [2.45, 2.75) is 270 Å². The molecule has 0 heterocycles. The molecule has 6 nitrogen and oxygen atoms in total. The second-order valence-electron chi connectivity index (χ2n) is 17.5. The summed E-state index contributed by atoms with van der Waals surface area (Å²) in [5.74, 6) is -0.123. The summed E-state index contributed by atoms with van der Waals surface area (Å²) in [5, 5.41) is 23.0. The van der Waals surface area contributed by atoms with Gasteiger partial charge >= 0.3 is 5.97 Å². The Kier molecular flexibility index (Phi) is 47.7. The van der Waals surface area contributed by atoms with Crippen LogP contribution in [0.1, 0.15) is 258 Å². The van der Waals surface area contributed by atoms with Crippen LogP contribution in [0.15, 0.2) is 48.6 Å². The molecule has 0 saturated carbocycles. The van der Waals surface area contributed by atoms with Gasteiger partial charge in [0.05, 0.1) is 25.4 Å². The van der Waals surface area contributed by atoms with Crippen LogP contribution in [-0.2, 0) is 14.3 Å². The first kappa shape index (κ1) is 57.8. The van der Waals surface area contributed by atoms with E-state index in [9.17, 15) is 19.8 Å². The fourth-order valence-electron chi connectivity index (χ4n) is 7.57. The second kappa shape index (κ2) is 49.5. The molecule has 3 N–H and O–H groups in total. The molecule has 0 aromatic heterocycles. The van der Waals surface area contributed by atoms with Crippen LogP contribution in [0, 0.1) is 0 Å². The molecule has 350 valence electrons. The zero-order valence-corrected chi connectivity index (χ0v) is 39.7. The lowest BCUT2D eigenvalue weighted by Crippen LogP contribution is -2.45. The average molecular weight is 842 g/mol. The van der Waals surface area contributed by atoms with Crippen molar-refractivity contribution in [3.63, 3.8) is 0 Å². The summed E-state index contributed by atoms with van der Waals surface area (Å²) >= 11 is 0. The minimum absolute atomic E-state index is 0.0480. The number of nitrogens with one attached hydrogen (secondary N) is 1. The third-order valence-electron chi connectivity index (χ3n) is 11.6. The van der Waals surface area contributed by atoms with E-state index in [1.165, 1.54) is 180 Å². The lowest BCUT2D eigenvalue weighted by atomic mass is 10.0. The Morgan fingerprint density at radius 1 is 0.467 bits per heavy atom. The Bertz CT molecular complexity index is 1020. The number of rotatable bonds is 47. The largest absolute Gasteiger partial charge is 0.465 e. The van der Waals surface area contributed by atoms with Crippen molar-refractivity contribution < 1.29 is 24.5 Å². The minimum atomic E-state index is -0.847. The van der Waals surface area contributed by atoms with Crippen LogP contribution in [0.5, 0.6) is 0 Å². The van der Waals surface area contributed by atoms with Gasteiger partial charge in [-0.3, -0.25) is 9.59 Å². The summed E-state index contributed by atoms with van der Waals surface area (Å²) in [6, 6.07) is -0.631. The van der Waals surface area contributed by atoms with Crippen LogP contribution >= 0.6 is 0 Å². The van der Waals surface area contributed by atoms with E-state index in [4.69, 9.17) is 4.74 Å². The van der Waals surface area contributed by atoms with Gasteiger partial charge < -0.3 is 20.3 Å². The molecule has 0 radical (unpaired) electrons. The number of amides is 1. The maximum atomic E-state index is 12.4. The minimum Gasteiger partial charge on any atom is -0.465 e. The Morgan fingerprint density at radius 2 is 0.850 bits per heavy atom. The van der Waals surface area contributed by atoms with Gasteiger partial charge in [-0.1, -0.05) is 223 Å². The van der Waals surface area contributed by atoms with E-state index in [0.717, 1.165) is 51.4 Å². The number of carbonyl (C=O) groups is 2. The van der Waals surface area contributed by atoms with Gasteiger partial charge in [0.25, 0.3) is 0 Å². The Labute approximate surface area is 372 Å². The van der Waals surface area contributed by atoms with Gasteiger partial charge in [-0.15, -0.1) is 0 Å². The van der Waals surface area contributed by atoms with Crippen LogP contribution in [-0.4, -0.2) is 47.4 Å². The average Bonchev–Trinajstić information content (AvgIpc) is 3.25. The molecule has 0 saturated heterocycles. The SMILES string of the molecule is CCCC/C=C\CCCCCCCC(=O)OCC/C=C\C/C=C\CCCCCCCCCCCCCCCCC(=O)NC(CO)C(O)/C=C/CCCCCCCCCCC. The van der Waals surface area contributed by atoms with Crippen molar-refractivity contribution >= 4 is 11.9 Å². The van der Waals surface area contributed by atoms with E-state index in [1.807, 2.05) is 6.08 Å². The molecule has 2 atom stereocenters. The standard InChI is InChI=1S/C54H99NO5/c1-3-5-7-9-11-13-26-30-34-38-42-46-52(57)51(50-56)55-53(58)47-43-39-35-31-28-24-22-20-18-16-15-17-19-21-23-25-29-33-37-41-45-49-60-54(59)48-44-40-36-32-27-14-12-10-8-6-4-2/h10,12,25,29,37,41-42,46,51-52,56-57H,3-9,11,13-24,26-28,30-36,38-40,43-45,47-50H2,1-2H3,(H,55,58)/b12-10-,29-25-,41-37-,46-42+. The van der Waals surface area contributed by atoms with Crippen molar-refractivity contribution in [1.29, 1.82) is 0 Å². The Balaban J connectivity index is 3.49. The van der Waals surface area contributed by atoms with E-state index in [2.05, 4.69) is 55.6 Å². The lowest BCUT2D eigenvalue weighted by Gasteiger charge is -2.20. The molecule has 0 aromatic carbocycles. The molecular formula is C54H99NO5. The summed E-state index contributed by atoms with van der Waals surface area (Å²) in [7, 11) is 0. The van der Waals surface area contributed by atoms with Crippen LogP contribution in [0.2, 0.25) is 0 Å². The molecule has 0 aliphatic heterocycles. The fourth-order valence-corrected chi connectivity index (χ4v) is 7.57. The highest BCUT2D eigenvalue weighted by Crippen LogP contribution is 2.15. The first-order chi connectivity index (χ1) is 29.5. The quantitative estimate of drug-likeness (QED) is 0.0322. The predicted octanol–water partition coefficient (Wildman–Crippen LogP) is 15.5. The van der Waals surface area contributed by atoms with Crippen molar-refractivity contribution in [1.82, 2.24) is 5.32 Å². The first-order valence-corrected chi connectivity index (χ1v) is 25.9. The topological polar surface area (TPSA) is 95.9 Å². The monoisotopic (exact) mass is 842 g/mol. The normalized spacial score (nSPS) is 13.1. The van der Waals surface area contributed by atoms with E-state index in [0.29, 0.717) is 19.4 Å². The Hall–Kier alpha value is -2.18. The van der Waals surface area contributed by atoms with E-state index in [-0.39, 0.29) is 18.5 Å². The van der Waals surface area contributed by atoms with Gasteiger partial charge in [0.1, 0.15) is 0 Å². The molecule has 2 unspecified atom stereocenters. The molecule has 0 rings (SSSR count). The first-order valence-electron chi connectivity index (χ1n) is 25.9. The number of aliphatic hydroxyl groups is 2. The molecule has 0 aliphatic carbocycles. The van der Waals surface area contributed by atoms with E-state index >= 15 is 0 Å². The molecule has 0 aliphatic rings. The molecule has 1 amide bonds. The number of aliphatic hydroxyl groups excluding tert-OH is 2. The third-order valence-corrected chi connectivity index (χ3v) is 11.6. The molecule has 0 fully saturated rings. The van der Waals surface area contributed by atoms with Crippen molar-refractivity contribution in [3.8, 4) is 0 Å². The van der Waals surface area contributed by atoms with Crippen molar-refractivity contribution in [2.75, 3.05) is 13.2 Å². The number of allylic oxidation sites excluding steroid dienone is 6. The number of esters is 1. The van der Waals surface area contributed by atoms with Crippen molar-refractivity contribution in [2.24, 2.45) is 0 Å². The highest BCUT2D eigenvalue weighted by molar-refractivity contribution is 5.76. The van der Waals surface area contributed by atoms with Gasteiger partial charge in [0, 0.05) is 12.8 Å². The summed E-state index contributed by atoms with van der Waals surface area (Å²) in [5.41, 5.74) is 0. The van der Waals surface area contributed by atoms with Gasteiger partial charge in [0.15, 0.2) is 0 Å². The van der Waals surface area contributed by atoms with Gasteiger partial charge in [0.2, 0.25) is 5.91 Å². The van der Waals surface area contributed by atoms with Crippen LogP contribution in [0.25, 0.3) is 0 Å². The molecule has 6 heteroatoms. The van der Waals surface area contributed by atoms with Gasteiger partial charge in [-0.05, 0) is 70.6 Å². The lowest BCUT2D eigenvalue weighted by molar-refractivity contribution is -0.143. The Morgan fingerprint density at radius 3 is 1.33 bits per heavy atom. The van der Waals surface area contributed by atoms with Crippen molar-refractivity contribution in [3.05, 3.63) is 48.6 Å². The molecule has 0 bridgehead atoms. The number of hydrogen-bond acceptors (Lipinski definition) is 5. The highest BCUT2D eigenvalue weighted by Gasteiger charge is 2.18. The maximum Gasteiger partial charge on any atom is 0.305 e. The third kappa shape index (κ3) is 45.3. The summed E-state index contributed by atoms with van der Waals surface area (Å²) in [6.45, 7) is 4.73. The summed E-state index contributed by atoms with van der Waals surface area (Å²) in [6.07, 6.45) is 61.4. The smallest absolute Gasteiger partial charge is 0.305 e. The highest BCUT2D eigenvalue weighted by atomic mass is 16.5. The molecule has 0 aromatic rings. The van der Waals surface area contributed by atoms with Crippen LogP contribution in [0.4, 0.5) is 0 Å². The van der Waals surface area contributed by atoms with Crippen LogP contribution in [0.3, 0.4) is 0 Å². The molecule has 60 heavy (non-hydrogen) atoms. The molecule has 0 spiro atoms. The zero-order valence-electron chi connectivity index (χ0n) is 39.7. The number of ether oxygens (including phenoxy) is 1.